The average Bonchev–Trinajstić information content (AvgIpc) is 3.82. The fraction of sp³-hybridized carbons (Fsp3) is 0.875. The zero-order chi connectivity index (χ0) is 43.3. The Morgan fingerprint density at radius 3 is 2.20 bits per heavy atom. The monoisotopic (exact) mass is 847 g/mol. The highest BCUT2D eigenvalue weighted by Gasteiger charge is 2.59. The van der Waals surface area contributed by atoms with Crippen molar-refractivity contribution in [3.63, 3.8) is 0 Å². The lowest BCUT2D eigenvalue weighted by molar-refractivity contribution is -0.0648. The number of ether oxygens (including phenoxy) is 3. The third-order valence-corrected chi connectivity index (χ3v) is 16.9. The molecule has 0 N–H and O–H groups in total. The third-order valence-electron chi connectivity index (χ3n) is 16.9. The number of aryl methyl sites for hydroxylation is 1. The molecule has 4 aliphatic carbocycles. The molecule has 3 fully saturated rings. The summed E-state index contributed by atoms with van der Waals surface area (Å²) in [7, 11) is 0. The van der Waals surface area contributed by atoms with Gasteiger partial charge in [-0.1, -0.05) is 142 Å². The number of nitrogens with zero attached hydrogens (tertiary/aromatic N) is 2. The van der Waals surface area contributed by atoms with Crippen molar-refractivity contribution in [1.82, 2.24) is 9.55 Å². The van der Waals surface area contributed by atoms with Gasteiger partial charge < -0.3 is 18.8 Å². The molecule has 61 heavy (non-hydrogen) atoms. The van der Waals surface area contributed by atoms with E-state index in [2.05, 4.69) is 82.4 Å². The predicted octanol–water partition coefficient (Wildman–Crippen LogP) is 15.8. The highest BCUT2D eigenvalue weighted by atomic mass is 16.5. The van der Waals surface area contributed by atoms with E-state index in [0.29, 0.717) is 23.5 Å². The van der Waals surface area contributed by atoms with Crippen LogP contribution < -0.4 is 0 Å². The zero-order valence-corrected chi connectivity index (χ0v) is 41.3. The van der Waals surface area contributed by atoms with E-state index < -0.39 is 0 Å². The molecule has 9 atom stereocenters. The molecule has 0 bridgehead atoms. The van der Waals surface area contributed by atoms with E-state index in [0.717, 1.165) is 93.4 Å². The first-order valence-electron chi connectivity index (χ1n) is 26.8. The SMILES string of the molecule is CCCCCCCC/C=C\CCCCCCCCOCC(Cn1ccnc1C)OCCCCO[C@H]1CC[C@@]2(C)C(=CCC3C4CCC(C(C)CCCC(C)C)[C@@]4(C)CCC32)C1. The van der Waals surface area contributed by atoms with E-state index in [-0.39, 0.29) is 6.10 Å². The number of imidazole rings is 1. The number of allylic oxidation sites excluding steroid dienone is 3. The van der Waals surface area contributed by atoms with Gasteiger partial charge >= 0.3 is 0 Å². The predicted molar refractivity (Wildman–Crippen MR) is 259 cm³/mol. The smallest absolute Gasteiger partial charge is 0.105 e. The lowest BCUT2D eigenvalue weighted by Crippen LogP contribution is -2.51. The Bertz CT molecular complexity index is 1380. The minimum absolute atomic E-state index is 0.0481. The number of hydrogen-bond donors (Lipinski definition) is 0. The van der Waals surface area contributed by atoms with Gasteiger partial charge in [-0.2, -0.15) is 0 Å². The van der Waals surface area contributed by atoms with E-state index in [4.69, 9.17) is 14.2 Å². The molecule has 5 nitrogen and oxygen atoms in total. The van der Waals surface area contributed by atoms with Crippen molar-refractivity contribution in [2.45, 2.75) is 241 Å². The lowest BCUT2D eigenvalue weighted by atomic mass is 9.47. The Labute approximate surface area is 377 Å². The van der Waals surface area contributed by atoms with Gasteiger partial charge in [0.05, 0.1) is 25.4 Å². The van der Waals surface area contributed by atoms with E-state index in [9.17, 15) is 0 Å². The number of aromatic nitrogens is 2. The third kappa shape index (κ3) is 15.6. The Kier molecular flexibility index (Phi) is 22.5. The second-order valence-electron chi connectivity index (χ2n) is 21.9. The van der Waals surface area contributed by atoms with Gasteiger partial charge in [-0.3, -0.25) is 0 Å². The summed E-state index contributed by atoms with van der Waals surface area (Å²) in [6.45, 7) is 21.0. The van der Waals surface area contributed by atoms with Crippen molar-refractivity contribution in [1.29, 1.82) is 0 Å². The lowest BCUT2D eigenvalue weighted by Gasteiger charge is -2.58. The Balaban J connectivity index is 0.930. The summed E-state index contributed by atoms with van der Waals surface area (Å²) in [5.41, 5.74) is 2.72. The molecule has 0 aromatic carbocycles. The van der Waals surface area contributed by atoms with Gasteiger partial charge in [0.1, 0.15) is 5.82 Å². The van der Waals surface area contributed by atoms with Crippen molar-refractivity contribution >= 4 is 0 Å². The fourth-order valence-electron chi connectivity index (χ4n) is 13.1. The van der Waals surface area contributed by atoms with E-state index >= 15 is 0 Å². The summed E-state index contributed by atoms with van der Waals surface area (Å²) >= 11 is 0. The zero-order valence-electron chi connectivity index (χ0n) is 41.3. The molecule has 5 heteroatoms. The molecule has 4 aliphatic rings. The number of unbranched alkanes of at least 4 members (excludes halogenated alkanes) is 13. The molecule has 3 saturated carbocycles. The molecular weight excluding hydrogens is 749 g/mol. The van der Waals surface area contributed by atoms with E-state index in [1.165, 1.54) is 148 Å². The first-order valence-corrected chi connectivity index (χ1v) is 26.8. The summed E-state index contributed by atoms with van der Waals surface area (Å²) < 4.78 is 21.5. The first kappa shape index (κ1) is 50.6. The molecule has 0 radical (unpaired) electrons. The largest absolute Gasteiger partial charge is 0.379 e. The van der Waals surface area contributed by atoms with Crippen LogP contribution in [0.3, 0.4) is 0 Å². The molecule has 0 spiro atoms. The standard InChI is InChI=1S/C56H98N2O3/c1-8-9-10-11-12-13-14-15-16-17-18-19-20-21-22-23-39-59-44-50(43-58-38-37-57-47(58)5)61-41-25-24-40-60-49-33-35-55(6)48(42-49)29-30-51-53-32-31-52(46(4)28-26-27-45(2)3)56(53,7)36-34-54(51)55/h15-16,29,37-38,45-46,49-54H,8-14,17-28,30-36,39-44H2,1-7H3/b16-15-/t46?,49-,50?,51?,52?,53?,54?,55-,56+/m0/s1. The van der Waals surface area contributed by atoms with Gasteiger partial charge in [0.2, 0.25) is 0 Å². The summed E-state index contributed by atoms with van der Waals surface area (Å²) in [6, 6.07) is 0. The second kappa shape index (κ2) is 27.1. The normalized spacial score (nSPS) is 28.5. The van der Waals surface area contributed by atoms with Gasteiger partial charge in [0.15, 0.2) is 0 Å². The van der Waals surface area contributed by atoms with Gasteiger partial charge in [0.25, 0.3) is 0 Å². The summed E-state index contributed by atoms with van der Waals surface area (Å²) in [6.07, 6.45) is 47.9. The minimum Gasteiger partial charge on any atom is -0.379 e. The quantitative estimate of drug-likeness (QED) is 0.0535. The molecule has 1 aromatic rings. The molecule has 6 unspecified atom stereocenters. The van der Waals surface area contributed by atoms with Crippen molar-refractivity contribution in [2.24, 2.45) is 46.3 Å². The Morgan fingerprint density at radius 2 is 1.48 bits per heavy atom. The van der Waals surface area contributed by atoms with Crippen LogP contribution in [-0.4, -0.2) is 48.2 Å². The van der Waals surface area contributed by atoms with E-state index in [1.54, 1.807) is 5.57 Å². The van der Waals surface area contributed by atoms with Crippen LogP contribution in [0.25, 0.3) is 0 Å². The molecule has 0 saturated heterocycles. The maximum absolute atomic E-state index is 6.63. The van der Waals surface area contributed by atoms with Crippen molar-refractivity contribution < 1.29 is 14.2 Å². The highest BCUT2D eigenvalue weighted by Crippen LogP contribution is 2.67. The van der Waals surface area contributed by atoms with Crippen LogP contribution in [0.4, 0.5) is 0 Å². The maximum atomic E-state index is 6.63. The molecule has 350 valence electrons. The molecule has 1 heterocycles. The summed E-state index contributed by atoms with van der Waals surface area (Å²) in [5, 5.41) is 0. The van der Waals surface area contributed by atoms with Gasteiger partial charge in [-0.05, 0) is 150 Å². The van der Waals surface area contributed by atoms with Crippen molar-refractivity contribution in [3.05, 3.63) is 42.0 Å². The molecule has 5 rings (SSSR count). The number of hydrogen-bond acceptors (Lipinski definition) is 4. The molecule has 1 aromatic heterocycles. The van der Waals surface area contributed by atoms with Crippen LogP contribution in [0.1, 0.15) is 221 Å². The minimum atomic E-state index is 0.0481. The molecular formula is C56H98N2O3. The highest BCUT2D eigenvalue weighted by molar-refractivity contribution is 5.25. The van der Waals surface area contributed by atoms with Crippen LogP contribution in [0.15, 0.2) is 36.2 Å². The Morgan fingerprint density at radius 1 is 0.770 bits per heavy atom. The van der Waals surface area contributed by atoms with Crippen molar-refractivity contribution in [3.8, 4) is 0 Å². The van der Waals surface area contributed by atoms with Crippen LogP contribution in [0, 0.1) is 53.3 Å². The van der Waals surface area contributed by atoms with Crippen LogP contribution in [-0.2, 0) is 20.8 Å². The first-order chi connectivity index (χ1) is 29.7. The van der Waals surface area contributed by atoms with Crippen molar-refractivity contribution in [2.75, 3.05) is 26.4 Å². The van der Waals surface area contributed by atoms with E-state index in [1.807, 2.05) is 6.20 Å². The fourth-order valence-corrected chi connectivity index (χ4v) is 13.1. The summed E-state index contributed by atoms with van der Waals surface area (Å²) in [4.78, 5) is 4.45. The molecule has 0 aliphatic heterocycles. The number of rotatable bonds is 32. The van der Waals surface area contributed by atoms with Gasteiger partial charge in [-0.15, -0.1) is 0 Å². The Hall–Kier alpha value is -1.43. The van der Waals surface area contributed by atoms with Crippen LogP contribution in [0.5, 0.6) is 0 Å². The maximum Gasteiger partial charge on any atom is 0.105 e. The average molecular weight is 847 g/mol. The second-order valence-corrected chi connectivity index (χ2v) is 21.9. The summed E-state index contributed by atoms with van der Waals surface area (Å²) in [5.74, 6) is 6.43. The van der Waals surface area contributed by atoms with Gasteiger partial charge in [-0.25, -0.2) is 4.98 Å². The van der Waals surface area contributed by atoms with Crippen LogP contribution >= 0.6 is 0 Å². The number of fused-ring (bicyclic) bond motifs is 5. The van der Waals surface area contributed by atoms with Gasteiger partial charge in [0, 0.05) is 32.2 Å². The topological polar surface area (TPSA) is 45.5 Å². The molecule has 0 amide bonds. The van der Waals surface area contributed by atoms with Crippen LogP contribution in [0.2, 0.25) is 0 Å².